The average Bonchev–Trinajstić information content (AvgIpc) is 2.55. The summed E-state index contributed by atoms with van der Waals surface area (Å²) in [4.78, 5) is 4.68. The van der Waals surface area contributed by atoms with Crippen LogP contribution in [0, 0.1) is 5.92 Å². The van der Waals surface area contributed by atoms with Gasteiger partial charge in [0.05, 0.1) is 5.69 Å². The second kappa shape index (κ2) is 4.05. The predicted octanol–water partition coefficient (Wildman–Crippen LogP) is 2.92. The Morgan fingerprint density at radius 3 is 3.00 bits per heavy atom. The first-order valence-corrected chi connectivity index (χ1v) is 6.51. The van der Waals surface area contributed by atoms with Gasteiger partial charge in [-0.05, 0) is 18.8 Å². The van der Waals surface area contributed by atoms with Crippen LogP contribution >= 0.6 is 15.9 Å². The minimum atomic E-state index is 0.821. The largest absolute Gasteiger partial charge is 0.332 e. The van der Waals surface area contributed by atoms with Crippen molar-refractivity contribution in [1.82, 2.24) is 9.55 Å². The Morgan fingerprint density at radius 1 is 1.57 bits per heavy atom. The normalized spacial score (nSPS) is 20.9. The van der Waals surface area contributed by atoms with Crippen LogP contribution in [0.15, 0.2) is 0 Å². The van der Waals surface area contributed by atoms with E-state index in [9.17, 15) is 0 Å². The van der Waals surface area contributed by atoms with Crippen molar-refractivity contribution in [3.8, 4) is 0 Å². The molecule has 0 fully saturated rings. The first kappa shape index (κ1) is 10.2. The number of alkyl halides is 1. The predicted molar refractivity (Wildman–Crippen MR) is 61.7 cm³/mol. The van der Waals surface area contributed by atoms with Crippen LogP contribution < -0.4 is 0 Å². The highest BCUT2D eigenvalue weighted by Gasteiger charge is 2.21. The quantitative estimate of drug-likeness (QED) is 0.745. The minimum Gasteiger partial charge on any atom is -0.332 e. The van der Waals surface area contributed by atoms with E-state index in [1.165, 1.54) is 36.6 Å². The molecule has 0 amide bonds. The molecule has 0 spiro atoms. The molecule has 0 aliphatic carbocycles. The molecule has 1 aliphatic heterocycles. The van der Waals surface area contributed by atoms with E-state index < -0.39 is 0 Å². The fourth-order valence-electron chi connectivity index (χ4n) is 2.24. The molecule has 2 rings (SSSR count). The van der Waals surface area contributed by atoms with Crippen LogP contribution in [-0.4, -0.2) is 9.55 Å². The molecule has 0 radical (unpaired) electrons. The maximum atomic E-state index is 4.68. The lowest BCUT2D eigenvalue weighted by atomic mass is 9.97. The molecular weight excluding hydrogens is 240 g/mol. The van der Waals surface area contributed by atoms with Gasteiger partial charge in [0.15, 0.2) is 0 Å². The summed E-state index contributed by atoms with van der Waals surface area (Å²) in [6.07, 6.45) is 3.56. The zero-order valence-corrected chi connectivity index (χ0v) is 10.5. The monoisotopic (exact) mass is 256 g/mol. The first-order valence-electron chi connectivity index (χ1n) is 5.39. The molecule has 14 heavy (non-hydrogen) atoms. The summed E-state index contributed by atoms with van der Waals surface area (Å²) in [5.74, 6) is 2.09. The number of fused-ring (bicyclic) bond motifs is 1. The van der Waals surface area contributed by atoms with E-state index in [1.807, 2.05) is 0 Å². The Labute approximate surface area is 93.9 Å². The Bertz CT molecular complexity index is 330. The molecule has 1 aromatic heterocycles. The van der Waals surface area contributed by atoms with Crippen LogP contribution in [0.25, 0.3) is 0 Å². The van der Waals surface area contributed by atoms with Crippen molar-refractivity contribution >= 4 is 15.9 Å². The topological polar surface area (TPSA) is 17.8 Å². The van der Waals surface area contributed by atoms with Gasteiger partial charge in [-0.2, -0.15) is 0 Å². The number of hydrogen-bond donors (Lipinski definition) is 0. The molecular formula is C11H17BrN2. The number of rotatable bonds is 2. The smallest absolute Gasteiger partial charge is 0.108 e. The van der Waals surface area contributed by atoms with Crippen LogP contribution in [-0.2, 0) is 24.7 Å². The SMILES string of the molecule is CCc1nc(CBr)c2n1CCC(C)C2. The van der Waals surface area contributed by atoms with Gasteiger partial charge in [-0.3, -0.25) is 0 Å². The zero-order valence-electron chi connectivity index (χ0n) is 8.89. The van der Waals surface area contributed by atoms with E-state index in [0.717, 1.165) is 17.7 Å². The fraction of sp³-hybridized carbons (Fsp3) is 0.727. The second-order valence-corrected chi connectivity index (χ2v) is 4.72. The van der Waals surface area contributed by atoms with Crippen molar-refractivity contribution in [2.75, 3.05) is 0 Å². The van der Waals surface area contributed by atoms with Crippen molar-refractivity contribution in [1.29, 1.82) is 0 Å². The van der Waals surface area contributed by atoms with Gasteiger partial charge in [-0.25, -0.2) is 4.98 Å². The molecule has 3 heteroatoms. The average molecular weight is 257 g/mol. The van der Waals surface area contributed by atoms with Crippen LogP contribution in [0.1, 0.15) is 37.5 Å². The van der Waals surface area contributed by atoms with Crippen molar-refractivity contribution < 1.29 is 0 Å². The summed E-state index contributed by atoms with van der Waals surface area (Å²) in [6, 6.07) is 0. The van der Waals surface area contributed by atoms with Crippen LogP contribution in [0.3, 0.4) is 0 Å². The highest BCUT2D eigenvalue weighted by atomic mass is 79.9. The van der Waals surface area contributed by atoms with E-state index in [2.05, 4.69) is 39.3 Å². The number of hydrogen-bond acceptors (Lipinski definition) is 1. The van der Waals surface area contributed by atoms with Gasteiger partial charge in [0.2, 0.25) is 0 Å². The number of aromatic nitrogens is 2. The van der Waals surface area contributed by atoms with Crippen molar-refractivity contribution in [3.63, 3.8) is 0 Å². The fourth-order valence-corrected chi connectivity index (χ4v) is 2.69. The van der Waals surface area contributed by atoms with Crippen molar-refractivity contribution in [3.05, 3.63) is 17.2 Å². The lowest BCUT2D eigenvalue weighted by Crippen LogP contribution is -2.18. The molecule has 0 saturated carbocycles. The van der Waals surface area contributed by atoms with E-state index in [1.54, 1.807) is 0 Å². The van der Waals surface area contributed by atoms with E-state index >= 15 is 0 Å². The molecule has 0 aromatic carbocycles. The lowest BCUT2D eigenvalue weighted by Gasteiger charge is -2.22. The second-order valence-electron chi connectivity index (χ2n) is 4.16. The lowest BCUT2D eigenvalue weighted by molar-refractivity contribution is 0.408. The van der Waals surface area contributed by atoms with Crippen LogP contribution in [0.2, 0.25) is 0 Å². The molecule has 0 N–H and O–H groups in total. The maximum Gasteiger partial charge on any atom is 0.108 e. The van der Waals surface area contributed by atoms with E-state index in [0.29, 0.717) is 0 Å². The third kappa shape index (κ3) is 1.62. The van der Waals surface area contributed by atoms with Gasteiger partial charge in [0.1, 0.15) is 5.82 Å². The zero-order chi connectivity index (χ0) is 10.1. The van der Waals surface area contributed by atoms with Crippen molar-refractivity contribution in [2.45, 2.75) is 45.0 Å². The van der Waals surface area contributed by atoms with Gasteiger partial charge in [-0.1, -0.05) is 29.8 Å². The Morgan fingerprint density at radius 2 is 2.36 bits per heavy atom. The molecule has 0 saturated heterocycles. The number of nitrogens with zero attached hydrogens (tertiary/aromatic N) is 2. The Kier molecular flexibility index (Phi) is 2.96. The number of imidazole rings is 1. The molecule has 2 nitrogen and oxygen atoms in total. The summed E-state index contributed by atoms with van der Waals surface area (Å²) < 4.78 is 2.43. The van der Waals surface area contributed by atoms with Gasteiger partial charge >= 0.3 is 0 Å². The van der Waals surface area contributed by atoms with Gasteiger partial charge in [-0.15, -0.1) is 0 Å². The Balaban J connectivity index is 2.42. The molecule has 78 valence electrons. The highest BCUT2D eigenvalue weighted by Crippen LogP contribution is 2.25. The minimum absolute atomic E-state index is 0.821. The number of aryl methyl sites for hydroxylation is 1. The highest BCUT2D eigenvalue weighted by molar-refractivity contribution is 9.08. The summed E-state index contributed by atoms with van der Waals surface area (Å²) in [5, 5.41) is 0.898. The van der Waals surface area contributed by atoms with Crippen LogP contribution in [0.5, 0.6) is 0 Å². The Hall–Kier alpha value is -0.310. The maximum absolute atomic E-state index is 4.68. The summed E-state index contributed by atoms with van der Waals surface area (Å²) in [7, 11) is 0. The molecule has 1 aromatic rings. The van der Waals surface area contributed by atoms with Gasteiger partial charge in [0.25, 0.3) is 0 Å². The molecule has 2 heterocycles. The molecule has 0 bridgehead atoms. The molecule has 1 aliphatic rings. The summed E-state index contributed by atoms with van der Waals surface area (Å²) >= 11 is 3.52. The summed E-state index contributed by atoms with van der Waals surface area (Å²) in [5.41, 5.74) is 2.73. The first-order chi connectivity index (χ1) is 6.76. The van der Waals surface area contributed by atoms with Crippen LogP contribution in [0.4, 0.5) is 0 Å². The third-order valence-electron chi connectivity index (χ3n) is 3.06. The third-order valence-corrected chi connectivity index (χ3v) is 3.60. The van der Waals surface area contributed by atoms with E-state index in [-0.39, 0.29) is 0 Å². The standard InChI is InChI=1S/C11H17BrN2/c1-3-11-13-9(7-12)10-6-8(2)4-5-14(10)11/h8H,3-7H2,1-2H3. The van der Waals surface area contributed by atoms with Gasteiger partial charge < -0.3 is 4.57 Å². The van der Waals surface area contributed by atoms with Crippen molar-refractivity contribution in [2.24, 2.45) is 5.92 Å². The van der Waals surface area contributed by atoms with Gasteiger partial charge in [0, 0.05) is 24.0 Å². The molecule has 1 atom stereocenters. The number of halogens is 1. The molecule has 1 unspecified atom stereocenters. The summed E-state index contributed by atoms with van der Waals surface area (Å²) in [6.45, 7) is 5.69. The van der Waals surface area contributed by atoms with E-state index in [4.69, 9.17) is 0 Å².